The van der Waals surface area contributed by atoms with E-state index in [-0.39, 0.29) is 17.8 Å². The molecular formula is C34H48O7. The largest absolute Gasteiger partial charge is 0.465 e. The molecule has 3 fully saturated rings. The molecule has 5 atom stereocenters. The summed E-state index contributed by atoms with van der Waals surface area (Å²) in [6.07, 6.45) is 19.1. The summed E-state index contributed by atoms with van der Waals surface area (Å²) in [6, 6.07) is 10.6. The van der Waals surface area contributed by atoms with Gasteiger partial charge in [-0.1, -0.05) is 54.6 Å². The number of benzene rings is 1. The van der Waals surface area contributed by atoms with E-state index < -0.39 is 18.5 Å². The summed E-state index contributed by atoms with van der Waals surface area (Å²) in [5.74, 6) is 0.415. The van der Waals surface area contributed by atoms with Crippen LogP contribution in [0.4, 0.5) is 0 Å². The molecule has 7 nitrogen and oxygen atoms in total. The van der Waals surface area contributed by atoms with Crippen LogP contribution in [0.3, 0.4) is 0 Å². The minimum absolute atomic E-state index is 0.0513. The monoisotopic (exact) mass is 568 g/mol. The smallest absolute Gasteiger partial charge is 0.377 e. The Morgan fingerprint density at radius 2 is 1.66 bits per heavy atom. The Morgan fingerprint density at radius 3 is 2.34 bits per heavy atom. The standard InChI is InChI=1S/C34H48O7/c1-37-34(36)33(41-32-21-11-13-25-39-32)30(40-31-20-10-12-24-38-31)19-9-8-18-28-27(22-23-29(28)35)17-7-3-6-16-26-14-4-2-5-15-26/h2,4-5,7-9,14-15,17,27-29,31-32,35H,3,6,10-13,16,18-25H2,1H3/b9-8-,17-7+,33-30+/t27-,28+,29-,31?,32?/m0/s1. The summed E-state index contributed by atoms with van der Waals surface area (Å²) in [5.41, 5.74) is 1.37. The third kappa shape index (κ3) is 10.3. The minimum atomic E-state index is -0.581. The van der Waals surface area contributed by atoms with Gasteiger partial charge in [-0.05, 0) is 81.6 Å². The number of unbranched alkanes of at least 4 members (excludes halogenated alkanes) is 1. The van der Waals surface area contributed by atoms with E-state index in [1.165, 1.54) is 12.7 Å². The molecule has 1 aliphatic carbocycles. The van der Waals surface area contributed by atoms with Crippen LogP contribution in [0.5, 0.6) is 0 Å². The van der Waals surface area contributed by atoms with Gasteiger partial charge in [0.15, 0.2) is 18.3 Å². The van der Waals surface area contributed by atoms with E-state index in [2.05, 4.69) is 48.6 Å². The number of allylic oxidation sites excluding steroid dienone is 4. The second-order valence-corrected chi connectivity index (χ2v) is 11.3. The lowest BCUT2D eigenvalue weighted by atomic mass is 9.90. The van der Waals surface area contributed by atoms with E-state index in [4.69, 9.17) is 23.7 Å². The molecule has 0 spiro atoms. The van der Waals surface area contributed by atoms with Gasteiger partial charge in [0.2, 0.25) is 5.76 Å². The number of carbonyl (C=O) groups is 1. The molecule has 7 heteroatoms. The first-order valence-corrected chi connectivity index (χ1v) is 15.6. The van der Waals surface area contributed by atoms with Crippen molar-refractivity contribution in [3.8, 4) is 0 Å². The molecule has 0 amide bonds. The topological polar surface area (TPSA) is 83.5 Å². The lowest BCUT2D eigenvalue weighted by Gasteiger charge is -2.28. The zero-order valence-electron chi connectivity index (χ0n) is 24.6. The van der Waals surface area contributed by atoms with Crippen LogP contribution in [-0.2, 0) is 34.9 Å². The molecule has 2 unspecified atom stereocenters. The first kappa shape index (κ1) is 31.3. The molecule has 3 aliphatic rings. The normalized spacial score (nSPS) is 27.6. The molecule has 226 valence electrons. The number of carbonyl (C=O) groups excluding carboxylic acids is 1. The van der Waals surface area contributed by atoms with Gasteiger partial charge in [-0.2, -0.15) is 0 Å². The van der Waals surface area contributed by atoms with Gasteiger partial charge in [0.25, 0.3) is 0 Å². The Morgan fingerprint density at radius 1 is 0.927 bits per heavy atom. The fourth-order valence-corrected chi connectivity index (χ4v) is 5.84. The lowest BCUT2D eigenvalue weighted by molar-refractivity contribution is -0.171. The van der Waals surface area contributed by atoms with Gasteiger partial charge >= 0.3 is 5.97 Å². The van der Waals surface area contributed by atoms with Crippen LogP contribution in [0.25, 0.3) is 0 Å². The number of aliphatic hydroxyl groups is 1. The quantitative estimate of drug-likeness (QED) is 0.0873. The molecule has 1 aromatic carbocycles. The molecule has 2 aliphatic heterocycles. The Labute approximate surface area is 245 Å². The van der Waals surface area contributed by atoms with Crippen molar-refractivity contribution >= 4 is 5.97 Å². The second kappa shape index (κ2) is 17.4. The number of methoxy groups -OCH3 is 1. The molecular weight excluding hydrogens is 520 g/mol. The van der Waals surface area contributed by atoms with Gasteiger partial charge in [0.05, 0.1) is 26.4 Å². The molecule has 0 radical (unpaired) electrons. The van der Waals surface area contributed by atoms with Crippen LogP contribution >= 0.6 is 0 Å². The maximum absolute atomic E-state index is 12.8. The van der Waals surface area contributed by atoms with Gasteiger partial charge in [-0.3, -0.25) is 0 Å². The van der Waals surface area contributed by atoms with Crippen LogP contribution in [0, 0.1) is 11.8 Å². The Balaban J connectivity index is 1.35. The van der Waals surface area contributed by atoms with Crippen molar-refractivity contribution in [3.05, 3.63) is 71.7 Å². The van der Waals surface area contributed by atoms with Crippen LogP contribution < -0.4 is 0 Å². The maximum atomic E-state index is 12.8. The molecule has 1 saturated carbocycles. The summed E-state index contributed by atoms with van der Waals surface area (Å²) in [7, 11) is 1.34. The first-order chi connectivity index (χ1) is 20.1. The van der Waals surface area contributed by atoms with Crippen molar-refractivity contribution in [3.63, 3.8) is 0 Å². The van der Waals surface area contributed by atoms with Crippen molar-refractivity contribution in [2.75, 3.05) is 20.3 Å². The van der Waals surface area contributed by atoms with E-state index in [9.17, 15) is 9.90 Å². The van der Waals surface area contributed by atoms with E-state index in [1.807, 2.05) is 6.08 Å². The molecule has 41 heavy (non-hydrogen) atoms. The van der Waals surface area contributed by atoms with Crippen molar-refractivity contribution in [1.29, 1.82) is 0 Å². The van der Waals surface area contributed by atoms with E-state index in [0.29, 0.717) is 37.7 Å². The van der Waals surface area contributed by atoms with Gasteiger partial charge < -0.3 is 28.8 Å². The molecule has 4 rings (SSSR count). The van der Waals surface area contributed by atoms with Crippen molar-refractivity contribution in [2.24, 2.45) is 11.8 Å². The Bertz CT molecular complexity index is 990. The predicted octanol–water partition coefficient (Wildman–Crippen LogP) is 6.76. The van der Waals surface area contributed by atoms with Gasteiger partial charge in [-0.15, -0.1) is 0 Å². The van der Waals surface area contributed by atoms with Crippen LogP contribution in [0.1, 0.15) is 82.6 Å². The van der Waals surface area contributed by atoms with Crippen LogP contribution in [0.15, 0.2) is 66.2 Å². The number of hydrogen-bond donors (Lipinski definition) is 1. The predicted molar refractivity (Wildman–Crippen MR) is 158 cm³/mol. The number of hydrogen-bond acceptors (Lipinski definition) is 7. The van der Waals surface area contributed by atoms with E-state index in [1.54, 1.807) is 0 Å². The highest BCUT2D eigenvalue weighted by Crippen LogP contribution is 2.36. The maximum Gasteiger partial charge on any atom is 0.377 e. The van der Waals surface area contributed by atoms with Crippen LogP contribution in [0.2, 0.25) is 0 Å². The van der Waals surface area contributed by atoms with Gasteiger partial charge in [-0.25, -0.2) is 4.79 Å². The molecule has 0 bridgehead atoms. The lowest BCUT2D eigenvalue weighted by Crippen LogP contribution is -2.27. The zero-order valence-corrected chi connectivity index (χ0v) is 24.6. The van der Waals surface area contributed by atoms with Crippen molar-refractivity contribution < 1.29 is 33.6 Å². The SMILES string of the molecule is COC(=O)/C(OC1CCCCO1)=C(/C/C=C\C[C@H]1[C@@H](O)CC[C@@H]1/C=C/CCCc1ccccc1)OC1CCCCO1. The summed E-state index contributed by atoms with van der Waals surface area (Å²) in [5, 5.41) is 10.7. The highest BCUT2D eigenvalue weighted by molar-refractivity contribution is 5.86. The Kier molecular flexibility index (Phi) is 13.3. The minimum Gasteiger partial charge on any atom is -0.465 e. The van der Waals surface area contributed by atoms with Crippen LogP contribution in [-0.4, -0.2) is 50.1 Å². The molecule has 2 saturated heterocycles. The second-order valence-electron chi connectivity index (χ2n) is 11.3. The summed E-state index contributed by atoms with van der Waals surface area (Å²) in [4.78, 5) is 12.8. The van der Waals surface area contributed by atoms with E-state index >= 15 is 0 Å². The van der Waals surface area contributed by atoms with Crippen molar-refractivity contribution in [1.82, 2.24) is 0 Å². The van der Waals surface area contributed by atoms with Gasteiger partial charge in [0, 0.05) is 19.3 Å². The fraction of sp³-hybridized carbons (Fsp3) is 0.618. The first-order valence-electron chi connectivity index (χ1n) is 15.6. The third-order valence-corrected chi connectivity index (χ3v) is 8.20. The highest BCUT2D eigenvalue weighted by atomic mass is 16.7. The van der Waals surface area contributed by atoms with Gasteiger partial charge in [0.1, 0.15) is 0 Å². The number of rotatable bonds is 14. The number of esters is 1. The average Bonchev–Trinajstić information content (AvgIpc) is 3.37. The molecule has 1 N–H and O–H groups in total. The summed E-state index contributed by atoms with van der Waals surface area (Å²) >= 11 is 0. The fourth-order valence-electron chi connectivity index (χ4n) is 5.84. The number of ether oxygens (including phenoxy) is 5. The molecule has 2 heterocycles. The Hall–Kier alpha value is -2.61. The number of aryl methyl sites for hydroxylation is 1. The molecule has 0 aromatic heterocycles. The van der Waals surface area contributed by atoms with E-state index in [0.717, 1.165) is 70.6 Å². The zero-order chi connectivity index (χ0) is 28.7. The highest BCUT2D eigenvalue weighted by Gasteiger charge is 2.32. The molecule has 1 aromatic rings. The summed E-state index contributed by atoms with van der Waals surface area (Å²) < 4.78 is 28.8. The summed E-state index contributed by atoms with van der Waals surface area (Å²) in [6.45, 7) is 1.24. The van der Waals surface area contributed by atoms with Crippen molar-refractivity contribution in [2.45, 2.75) is 102 Å². The third-order valence-electron chi connectivity index (χ3n) is 8.20. The number of aliphatic hydroxyl groups excluding tert-OH is 1. The average molecular weight is 569 g/mol.